The number of amides is 3. The average molecular weight is 340 g/mol. The highest BCUT2D eigenvalue weighted by atomic mass is 16.3. The van der Waals surface area contributed by atoms with Crippen LogP contribution in [-0.4, -0.2) is 83.5 Å². The standard InChI is InChI=1S/C16H28N4O4/c1-12(21)17-9-15(23)20-8-5-16(24,11-20)10-19-6-3-14(4-7-19)18-13(2)22/h14,24H,3-11H2,1-2H3,(H,17,21)(H,18,22). The molecule has 3 amide bonds. The zero-order valence-electron chi connectivity index (χ0n) is 14.5. The highest BCUT2D eigenvalue weighted by molar-refractivity contribution is 5.83. The van der Waals surface area contributed by atoms with Crippen LogP contribution >= 0.6 is 0 Å². The van der Waals surface area contributed by atoms with Gasteiger partial charge in [0.15, 0.2) is 0 Å². The second-order valence-corrected chi connectivity index (χ2v) is 6.95. The zero-order valence-corrected chi connectivity index (χ0v) is 14.5. The summed E-state index contributed by atoms with van der Waals surface area (Å²) in [6, 6.07) is 0.215. The Morgan fingerprint density at radius 2 is 1.79 bits per heavy atom. The molecule has 2 rings (SSSR count). The Morgan fingerprint density at radius 1 is 1.12 bits per heavy atom. The minimum Gasteiger partial charge on any atom is -0.387 e. The zero-order chi connectivity index (χ0) is 17.7. The number of hydrogen-bond acceptors (Lipinski definition) is 5. The van der Waals surface area contributed by atoms with Crippen LogP contribution in [0.4, 0.5) is 0 Å². The van der Waals surface area contributed by atoms with Crippen molar-refractivity contribution in [1.29, 1.82) is 0 Å². The minimum atomic E-state index is -0.896. The number of carbonyl (C=O) groups is 3. The van der Waals surface area contributed by atoms with Crippen molar-refractivity contribution in [2.75, 3.05) is 39.3 Å². The lowest BCUT2D eigenvalue weighted by atomic mass is 9.99. The number of piperidine rings is 1. The highest BCUT2D eigenvalue weighted by Gasteiger charge is 2.39. The fraction of sp³-hybridized carbons (Fsp3) is 0.812. The van der Waals surface area contributed by atoms with Crippen LogP contribution in [0.2, 0.25) is 0 Å². The molecule has 24 heavy (non-hydrogen) atoms. The monoisotopic (exact) mass is 340 g/mol. The number of rotatable bonds is 5. The third-order valence-corrected chi connectivity index (χ3v) is 4.69. The lowest BCUT2D eigenvalue weighted by Crippen LogP contribution is -2.51. The maximum atomic E-state index is 12.0. The van der Waals surface area contributed by atoms with E-state index in [4.69, 9.17) is 0 Å². The smallest absolute Gasteiger partial charge is 0.242 e. The summed E-state index contributed by atoms with van der Waals surface area (Å²) in [5, 5.41) is 16.2. The second kappa shape index (κ2) is 7.94. The van der Waals surface area contributed by atoms with Crippen LogP contribution in [0.25, 0.3) is 0 Å². The summed E-state index contributed by atoms with van der Waals surface area (Å²) in [7, 11) is 0. The average Bonchev–Trinajstić information content (AvgIpc) is 2.88. The Hall–Kier alpha value is -1.67. The van der Waals surface area contributed by atoms with E-state index in [1.807, 2.05) is 0 Å². The molecule has 136 valence electrons. The highest BCUT2D eigenvalue weighted by Crippen LogP contribution is 2.24. The normalized spacial score (nSPS) is 25.5. The minimum absolute atomic E-state index is 0.00352. The van der Waals surface area contributed by atoms with E-state index >= 15 is 0 Å². The number of likely N-dealkylation sites (tertiary alicyclic amines) is 2. The molecule has 0 spiro atoms. The fourth-order valence-electron chi connectivity index (χ4n) is 3.45. The summed E-state index contributed by atoms with van der Waals surface area (Å²) in [6.45, 7) is 5.88. The summed E-state index contributed by atoms with van der Waals surface area (Å²) in [5.41, 5.74) is -0.896. The van der Waals surface area contributed by atoms with Crippen LogP contribution in [-0.2, 0) is 14.4 Å². The lowest BCUT2D eigenvalue weighted by molar-refractivity contribution is -0.132. The van der Waals surface area contributed by atoms with Gasteiger partial charge in [-0.25, -0.2) is 0 Å². The maximum Gasteiger partial charge on any atom is 0.242 e. The van der Waals surface area contributed by atoms with Gasteiger partial charge in [0.2, 0.25) is 17.7 Å². The molecular weight excluding hydrogens is 312 g/mol. The molecule has 2 aliphatic rings. The molecule has 0 bridgehead atoms. The van der Waals surface area contributed by atoms with E-state index in [1.54, 1.807) is 4.90 Å². The van der Waals surface area contributed by atoms with Crippen molar-refractivity contribution in [3.8, 4) is 0 Å². The molecule has 2 heterocycles. The van der Waals surface area contributed by atoms with Crippen LogP contribution in [0.15, 0.2) is 0 Å². The number of carbonyl (C=O) groups excluding carboxylic acids is 3. The number of β-amino-alcohol motifs (C(OH)–C–C–N with tert-alkyl or cyclic N) is 1. The third-order valence-electron chi connectivity index (χ3n) is 4.69. The van der Waals surface area contributed by atoms with E-state index in [0.29, 0.717) is 26.1 Å². The van der Waals surface area contributed by atoms with Gasteiger partial charge < -0.3 is 25.5 Å². The van der Waals surface area contributed by atoms with E-state index in [-0.39, 0.29) is 30.3 Å². The van der Waals surface area contributed by atoms with Crippen LogP contribution in [0.5, 0.6) is 0 Å². The summed E-state index contributed by atoms with van der Waals surface area (Å²) in [4.78, 5) is 37.8. The first kappa shape index (κ1) is 18.7. The quantitative estimate of drug-likeness (QED) is 0.577. The van der Waals surface area contributed by atoms with E-state index in [1.165, 1.54) is 13.8 Å². The summed E-state index contributed by atoms with van der Waals surface area (Å²) in [5.74, 6) is -0.401. The van der Waals surface area contributed by atoms with E-state index in [9.17, 15) is 19.5 Å². The van der Waals surface area contributed by atoms with Crippen LogP contribution in [0.3, 0.4) is 0 Å². The van der Waals surface area contributed by atoms with Crippen molar-refractivity contribution in [2.24, 2.45) is 0 Å². The first-order chi connectivity index (χ1) is 11.3. The molecule has 0 saturated carbocycles. The molecule has 0 aromatic carbocycles. The number of hydrogen-bond donors (Lipinski definition) is 3. The van der Waals surface area contributed by atoms with Crippen molar-refractivity contribution in [2.45, 2.75) is 44.8 Å². The second-order valence-electron chi connectivity index (χ2n) is 6.95. The van der Waals surface area contributed by atoms with Crippen molar-refractivity contribution in [3.05, 3.63) is 0 Å². The molecule has 0 aliphatic carbocycles. The van der Waals surface area contributed by atoms with E-state index in [0.717, 1.165) is 25.9 Å². The Morgan fingerprint density at radius 3 is 2.38 bits per heavy atom. The molecular formula is C16H28N4O4. The predicted molar refractivity (Wildman–Crippen MR) is 88.1 cm³/mol. The van der Waals surface area contributed by atoms with Gasteiger partial charge in [0.1, 0.15) is 0 Å². The molecule has 1 unspecified atom stereocenters. The molecule has 0 aromatic heterocycles. The van der Waals surface area contributed by atoms with Gasteiger partial charge in [0.05, 0.1) is 18.7 Å². The molecule has 0 radical (unpaired) electrons. The molecule has 2 aliphatic heterocycles. The van der Waals surface area contributed by atoms with Crippen LogP contribution < -0.4 is 10.6 Å². The molecule has 1 atom stereocenters. The van der Waals surface area contributed by atoms with Gasteiger partial charge in [0, 0.05) is 46.1 Å². The third kappa shape index (κ3) is 5.45. The van der Waals surface area contributed by atoms with Gasteiger partial charge in [-0.2, -0.15) is 0 Å². The van der Waals surface area contributed by atoms with Gasteiger partial charge in [-0.1, -0.05) is 0 Å². The Balaban J connectivity index is 1.76. The van der Waals surface area contributed by atoms with Crippen LogP contribution in [0.1, 0.15) is 33.1 Å². The lowest BCUT2D eigenvalue weighted by Gasteiger charge is -2.36. The molecule has 2 saturated heterocycles. The van der Waals surface area contributed by atoms with Gasteiger partial charge in [-0.05, 0) is 19.3 Å². The first-order valence-corrected chi connectivity index (χ1v) is 8.51. The van der Waals surface area contributed by atoms with Crippen molar-refractivity contribution >= 4 is 17.7 Å². The maximum absolute atomic E-state index is 12.0. The Labute approximate surface area is 142 Å². The topological polar surface area (TPSA) is 102 Å². The molecule has 8 heteroatoms. The summed E-state index contributed by atoms with van der Waals surface area (Å²) < 4.78 is 0. The van der Waals surface area contributed by atoms with Crippen LogP contribution in [0, 0.1) is 0 Å². The van der Waals surface area contributed by atoms with Crippen molar-refractivity contribution in [1.82, 2.24) is 20.4 Å². The summed E-state index contributed by atoms with van der Waals surface area (Å²) >= 11 is 0. The Kier molecular flexibility index (Phi) is 6.17. The predicted octanol–water partition coefficient (Wildman–Crippen LogP) is -1.31. The first-order valence-electron chi connectivity index (χ1n) is 8.51. The van der Waals surface area contributed by atoms with E-state index < -0.39 is 5.60 Å². The largest absolute Gasteiger partial charge is 0.387 e. The molecule has 0 aromatic rings. The summed E-state index contributed by atoms with van der Waals surface area (Å²) in [6.07, 6.45) is 2.30. The van der Waals surface area contributed by atoms with E-state index in [2.05, 4.69) is 15.5 Å². The van der Waals surface area contributed by atoms with Gasteiger partial charge in [-0.3, -0.25) is 14.4 Å². The van der Waals surface area contributed by atoms with Gasteiger partial charge in [0.25, 0.3) is 0 Å². The molecule has 3 N–H and O–H groups in total. The van der Waals surface area contributed by atoms with Crippen molar-refractivity contribution in [3.63, 3.8) is 0 Å². The molecule has 8 nitrogen and oxygen atoms in total. The molecule has 2 fully saturated rings. The fourth-order valence-corrected chi connectivity index (χ4v) is 3.45. The van der Waals surface area contributed by atoms with Gasteiger partial charge in [-0.15, -0.1) is 0 Å². The SMILES string of the molecule is CC(=O)NCC(=O)N1CCC(O)(CN2CCC(NC(C)=O)CC2)C1. The van der Waals surface area contributed by atoms with Gasteiger partial charge >= 0.3 is 0 Å². The Bertz CT molecular complexity index is 490. The number of nitrogens with one attached hydrogen (secondary N) is 2. The number of nitrogens with zero attached hydrogens (tertiary/aromatic N) is 2. The van der Waals surface area contributed by atoms with Crippen molar-refractivity contribution < 1.29 is 19.5 Å². The number of aliphatic hydroxyl groups is 1.